The Morgan fingerprint density at radius 1 is 1.47 bits per heavy atom. The van der Waals surface area contributed by atoms with Crippen molar-refractivity contribution in [1.29, 1.82) is 0 Å². The average Bonchev–Trinajstić information content (AvgIpc) is 2.60. The van der Waals surface area contributed by atoms with E-state index in [-0.39, 0.29) is 17.7 Å². The van der Waals surface area contributed by atoms with Gasteiger partial charge in [0.2, 0.25) is 0 Å². The normalized spacial score (nSPS) is 28.3. The van der Waals surface area contributed by atoms with E-state index in [0.29, 0.717) is 19.6 Å². The molecule has 1 rings (SSSR count). The first kappa shape index (κ1) is 14.5. The summed E-state index contributed by atoms with van der Waals surface area (Å²) in [6.45, 7) is 7.74. The van der Waals surface area contributed by atoms with Crippen LogP contribution in [-0.4, -0.2) is 32.1 Å². The molecule has 0 radical (unpaired) electrons. The second-order valence-electron chi connectivity index (χ2n) is 4.96. The van der Waals surface area contributed by atoms with E-state index in [1.807, 2.05) is 13.8 Å². The van der Waals surface area contributed by atoms with E-state index in [9.17, 15) is 4.79 Å². The molecule has 1 heterocycles. The smallest absolute Gasteiger partial charge is 0.306 e. The lowest BCUT2D eigenvalue weighted by Gasteiger charge is -2.20. The maximum atomic E-state index is 11.5. The Balaban J connectivity index is 2.29. The van der Waals surface area contributed by atoms with Crippen LogP contribution in [0.4, 0.5) is 0 Å². The van der Waals surface area contributed by atoms with Gasteiger partial charge in [-0.15, -0.1) is 0 Å². The third-order valence-electron chi connectivity index (χ3n) is 2.96. The predicted molar refractivity (Wildman–Crippen MR) is 64.6 cm³/mol. The fourth-order valence-electron chi connectivity index (χ4n) is 1.96. The minimum absolute atomic E-state index is 0.136. The highest BCUT2D eigenvalue weighted by Gasteiger charge is 2.38. The van der Waals surface area contributed by atoms with Crippen molar-refractivity contribution in [3.8, 4) is 0 Å². The average molecular weight is 244 g/mol. The number of hydrogen-bond donors (Lipinski definition) is 0. The molecule has 100 valence electrons. The highest BCUT2D eigenvalue weighted by molar-refractivity contribution is 5.70. The van der Waals surface area contributed by atoms with Crippen molar-refractivity contribution >= 4 is 5.97 Å². The minimum Gasteiger partial charge on any atom is -0.466 e. The molecule has 1 fully saturated rings. The molecule has 1 aliphatic rings. The highest BCUT2D eigenvalue weighted by Crippen LogP contribution is 2.36. The van der Waals surface area contributed by atoms with Crippen LogP contribution in [-0.2, 0) is 19.0 Å². The molecule has 17 heavy (non-hydrogen) atoms. The lowest BCUT2D eigenvalue weighted by Crippen LogP contribution is -2.23. The molecule has 0 bridgehead atoms. The molecule has 4 heteroatoms. The van der Waals surface area contributed by atoms with Crippen LogP contribution in [0.25, 0.3) is 0 Å². The van der Waals surface area contributed by atoms with Gasteiger partial charge in [0.1, 0.15) is 0 Å². The standard InChI is InChI=1S/C13H24O4/c1-4-6-7-16-12-9-13(3,10-17-12)8-11(14)15-5-2/h12H,4-10H2,1-3H3/t12-,13-/m0/s1. The second kappa shape index (κ2) is 6.97. The van der Waals surface area contributed by atoms with Crippen molar-refractivity contribution < 1.29 is 19.0 Å². The SMILES string of the molecule is CCCCO[C@@H]1C[C@](C)(CC(=O)OCC)CO1. The van der Waals surface area contributed by atoms with Crippen LogP contribution < -0.4 is 0 Å². The fourth-order valence-corrected chi connectivity index (χ4v) is 1.96. The molecule has 0 N–H and O–H groups in total. The topological polar surface area (TPSA) is 44.8 Å². The molecule has 2 atom stereocenters. The number of esters is 1. The molecule has 4 nitrogen and oxygen atoms in total. The van der Waals surface area contributed by atoms with Gasteiger partial charge in [-0.05, 0) is 13.3 Å². The van der Waals surface area contributed by atoms with Crippen molar-refractivity contribution in [1.82, 2.24) is 0 Å². The van der Waals surface area contributed by atoms with Crippen LogP contribution >= 0.6 is 0 Å². The van der Waals surface area contributed by atoms with Gasteiger partial charge in [-0.25, -0.2) is 0 Å². The van der Waals surface area contributed by atoms with E-state index in [1.54, 1.807) is 0 Å². The van der Waals surface area contributed by atoms with Crippen LogP contribution in [0.2, 0.25) is 0 Å². The summed E-state index contributed by atoms with van der Waals surface area (Å²) in [5.41, 5.74) is -0.136. The van der Waals surface area contributed by atoms with Crippen molar-refractivity contribution in [3.05, 3.63) is 0 Å². The van der Waals surface area contributed by atoms with Gasteiger partial charge in [0, 0.05) is 18.4 Å². The predicted octanol–water partition coefficient (Wildman–Crippen LogP) is 2.51. The molecule has 0 amide bonds. The largest absolute Gasteiger partial charge is 0.466 e. The summed E-state index contributed by atoms with van der Waals surface area (Å²) in [5, 5.41) is 0. The number of rotatable bonds is 7. The third kappa shape index (κ3) is 5.04. The van der Waals surface area contributed by atoms with Crippen LogP contribution in [0.1, 0.15) is 46.5 Å². The summed E-state index contributed by atoms with van der Waals surface area (Å²) in [4.78, 5) is 11.5. The van der Waals surface area contributed by atoms with E-state index in [0.717, 1.165) is 25.9 Å². The van der Waals surface area contributed by atoms with Crippen LogP contribution in [0.5, 0.6) is 0 Å². The molecule has 0 spiro atoms. The first-order chi connectivity index (χ1) is 8.09. The molecular weight excluding hydrogens is 220 g/mol. The summed E-state index contributed by atoms with van der Waals surface area (Å²) in [5.74, 6) is -0.146. The van der Waals surface area contributed by atoms with Crippen molar-refractivity contribution in [2.24, 2.45) is 5.41 Å². The zero-order chi connectivity index (χ0) is 12.7. The Bertz CT molecular complexity index is 242. The zero-order valence-electron chi connectivity index (χ0n) is 11.2. The molecule has 1 saturated heterocycles. The molecule has 0 aromatic rings. The number of carbonyl (C=O) groups excluding carboxylic acids is 1. The Morgan fingerprint density at radius 2 is 2.24 bits per heavy atom. The zero-order valence-corrected chi connectivity index (χ0v) is 11.2. The van der Waals surface area contributed by atoms with Crippen LogP contribution in [0.3, 0.4) is 0 Å². The lowest BCUT2D eigenvalue weighted by molar-refractivity contribution is -0.145. The van der Waals surface area contributed by atoms with Gasteiger partial charge in [0.15, 0.2) is 6.29 Å². The quantitative estimate of drug-likeness (QED) is 0.510. The van der Waals surface area contributed by atoms with Gasteiger partial charge < -0.3 is 14.2 Å². The van der Waals surface area contributed by atoms with Gasteiger partial charge >= 0.3 is 5.97 Å². The highest BCUT2D eigenvalue weighted by atomic mass is 16.7. The number of ether oxygens (including phenoxy) is 3. The maximum Gasteiger partial charge on any atom is 0.306 e. The molecule has 0 unspecified atom stereocenters. The lowest BCUT2D eigenvalue weighted by atomic mass is 9.86. The monoisotopic (exact) mass is 244 g/mol. The summed E-state index contributed by atoms with van der Waals surface area (Å²) < 4.78 is 16.1. The van der Waals surface area contributed by atoms with Gasteiger partial charge in [0.25, 0.3) is 0 Å². The summed E-state index contributed by atoms with van der Waals surface area (Å²) in [6.07, 6.45) is 3.20. The van der Waals surface area contributed by atoms with Crippen LogP contribution in [0, 0.1) is 5.41 Å². The number of hydrogen-bond acceptors (Lipinski definition) is 4. The molecule has 0 aliphatic carbocycles. The third-order valence-corrected chi connectivity index (χ3v) is 2.96. The van der Waals surface area contributed by atoms with E-state index in [1.165, 1.54) is 0 Å². The van der Waals surface area contributed by atoms with Crippen molar-refractivity contribution in [3.63, 3.8) is 0 Å². The Morgan fingerprint density at radius 3 is 2.88 bits per heavy atom. The van der Waals surface area contributed by atoms with E-state index in [4.69, 9.17) is 14.2 Å². The summed E-state index contributed by atoms with van der Waals surface area (Å²) in [7, 11) is 0. The minimum atomic E-state index is -0.152. The first-order valence-electron chi connectivity index (χ1n) is 6.48. The van der Waals surface area contributed by atoms with E-state index in [2.05, 4.69) is 6.92 Å². The van der Waals surface area contributed by atoms with Gasteiger partial charge in [0.05, 0.1) is 19.6 Å². The van der Waals surface area contributed by atoms with E-state index < -0.39 is 0 Å². The van der Waals surface area contributed by atoms with Crippen LogP contribution in [0.15, 0.2) is 0 Å². The maximum absolute atomic E-state index is 11.5. The molecule has 0 aromatic heterocycles. The summed E-state index contributed by atoms with van der Waals surface area (Å²) in [6, 6.07) is 0. The fraction of sp³-hybridized carbons (Fsp3) is 0.923. The Kier molecular flexibility index (Phi) is 5.92. The van der Waals surface area contributed by atoms with Gasteiger partial charge in [-0.2, -0.15) is 0 Å². The Hall–Kier alpha value is -0.610. The van der Waals surface area contributed by atoms with Gasteiger partial charge in [-0.1, -0.05) is 20.3 Å². The molecular formula is C13H24O4. The Labute approximate surface area is 104 Å². The number of unbranched alkanes of at least 4 members (excludes halogenated alkanes) is 1. The number of carbonyl (C=O) groups is 1. The molecule has 0 aromatic carbocycles. The van der Waals surface area contributed by atoms with Crippen molar-refractivity contribution in [2.45, 2.75) is 52.7 Å². The summed E-state index contributed by atoms with van der Waals surface area (Å²) >= 11 is 0. The first-order valence-corrected chi connectivity index (χ1v) is 6.48. The molecule has 0 saturated carbocycles. The second-order valence-corrected chi connectivity index (χ2v) is 4.96. The van der Waals surface area contributed by atoms with Gasteiger partial charge in [-0.3, -0.25) is 4.79 Å². The van der Waals surface area contributed by atoms with E-state index >= 15 is 0 Å². The van der Waals surface area contributed by atoms with Crippen molar-refractivity contribution in [2.75, 3.05) is 19.8 Å². The molecule has 1 aliphatic heterocycles.